The van der Waals surface area contributed by atoms with Crippen LogP contribution < -0.4 is 4.90 Å². The van der Waals surface area contributed by atoms with Gasteiger partial charge in [-0.25, -0.2) is 0 Å². The Kier molecular flexibility index (Phi) is 4.59. The Balaban J connectivity index is 2.04. The maximum Gasteiger partial charge on any atom is 0.299 e. The molecule has 0 saturated carbocycles. The maximum atomic E-state index is 11.9. The summed E-state index contributed by atoms with van der Waals surface area (Å²) in [5.74, 6) is -0.840. The number of hydrogen-bond donors (Lipinski definition) is 0. The van der Waals surface area contributed by atoms with Crippen LogP contribution in [0, 0.1) is 0 Å². The molecule has 1 heterocycles. The second kappa shape index (κ2) is 6.20. The van der Waals surface area contributed by atoms with Crippen LogP contribution in [0.15, 0.2) is 18.2 Å². The number of rotatable bonds is 6. The quantitative estimate of drug-likeness (QED) is 0.586. The monoisotopic (exact) mass is 279 g/mol. The molecule has 1 amide bonds. The minimum absolute atomic E-state index is 0.416. The van der Waals surface area contributed by atoms with E-state index < -0.39 is 11.7 Å². The minimum atomic E-state index is -0.423. The van der Waals surface area contributed by atoms with Gasteiger partial charge in [0.05, 0.1) is 11.3 Å². The van der Waals surface area contributed by atoms with E-state index in [1.807, 2.05) is 0 Å². The van der Waals surface area contributed by atoms with Crippen LogP contribution in [0.4, 0.5) is 5.69 Å². The fraction of sp³-hybridized carbons (Fsp3) is 0.467. The summed E-state index contributed by atoms with van der Waals surface area (Å²) >= 11 is 5.94. The fourth-order valence-electron chi connectivity index (χ4n) is 2.36. The molecule has 0 aromatic heterocycles. The van der Waals surface area contributed by atoms with Crippen molar-refractivity contribution in [2.45, 2.75) is 39.0 Å². The smallest absolute Gasteiger partial charge is 0.299 e. The Bertz CT molecular complexity index is 499. The largest absolute Gasteiger partial charge is 0.305 e. The summed E-state index contributed by atoms with van der Waals surface area (Å²) < 4.78 is 0. The van der Waals surface area contributed by atoms with Crippen LogP contribution in [-0.2, 0) is 4.79 Å². The van der Waals surface area contributed by atoms with Crippen LogP contribution in [-0.4, -0.2) is 18.2 Å². The number of carbonyl (C=O) groups excluding carboxylic acids is 2. The molecule has 3 nitrogen and oxygen atoms in total. The van der Waals surface area contributed by atoms with Crippen molar-refractivity contribution >= 4 is 29.0 Å². The second-order valence-electron chi connectivity index (χ2n) is 4.86. The number of ketones is 1. The number of unbranched alkanes of at least 4 members (excludes halogenated alkanes) is 4. The second-order valence-corrected chi connectivity index (χ2v) is 5.30. The van der Waals surface area contributed by atoms with Crippen molar-refractivity contribution in [2.75, 3.05) is 11.4 Å². The standard InChI is InChI=1S/C15H18ClNO2/c1-2-3-4-5-6-9-17-13-10-11(16)7-8-12(13)14(18)15(17)19/h7-8,10H,2-6,9H2,1H3. The summed E-state index contributed by atoms with van der Waals surface area (Å²) in [6, 6.07) is 4.98. The zero-order valence-electron chi connectivity index (χ0n) is 11.1. The number of benzene rings is 1. The SMILES string of the molecule is CCCCCCCN1C(=O)C(=O)c2ccc(Cl)cc21. The van der Waals surface area contributed by atoms with Crippen molar-refractivity contribution in [3.05, 3.63) is 28.8 Å². The Hall–Kier alpha value is -1.35. The Morgan fingerprint density at radius 2 is 1.84 bits per heavy atom. The van der Waals surface area contributed by atoms with Gasteiger partial charge in [-0.2, -0.15) is 0 Å². The normalized spacial score (nSPS) is 14.1. The fourth-order valence-corrected chi connectivity index (χ4v) is 2.53. The minimum Gasteiger partial charge on any atom is -0.305 e. The summed E-state index contributed by atoms with van der Waals surface area (Å²) in [4.78, 5) is 25.3. The third-order valence-electron chi connectivity index (χ3n) is 3.42. The molecule has 0 radical (unpaired) electrons. The molecule has 4 heteroatoms. The lowest BCUT2D eigenvalue weighted by Crippen LogP contribution is -2.30. The van der Waals surface area contributed by atoms with Crippen LogP contribution in [0.2, 0.25) is 5.02 Å². The summed E-state index contributed by atoms with van der Waals surface area (Å²) in [7, 11) is 0. The third kappa shape index (κ3) is 2.98. The van der Waals surface area contributed by atoms with Crippen LogP contribution in [0.25, 0.3) is 0 Å². The Labute approximate surface area is 118 Å². The molecule has 102 valence electrons. The lowest BCUT2D eigenvalue weighted by atomic mass is 10.1. The Morgan fingerprint density at radius 3 is 2.58 bits per heavy atom. The van der Waals surface area contributed by atoms with Gasteiger partial charge in [0.2, 0.25) is 0 Å². The molecule has 1 aliphatic heterocycles. The molecule has 0 spiro atoms. The van der Waals surface area contributed by atoms with Crippen molar-refractivity contribution in [3.63, 3.8) is 0 Å². The predicted octanol–water partition coefficient (Wildman–Crippen LogP) is 3.84. The zero-order chi connectivity index (χ0) is 13.8. The molecule has 2 rings (SSSR count). The number of Topliss-reactive ketones (excluding diaryl/α,β-unsaturated/α-hetero) is 1. The lowest BCUT2D eigenvalue weighted by molar-refractivity contribution is -0.114. The summed E-state index contributed by atoms with van der Waals surface area (Å²) in [6.45, 7) is 2.77. The number of hydrogen-bond acceptors (Lipinski definition) is 2. The molecular formula is C15H18ClNO2. The van der Waals surface area contributed by atoms with Crippen molar-refractivity contribution in [1.29, 1.82) is 0 Å². The predicted molar refractivity (Wildman–Crippen MR) is 76.9 cm³/mol. The average Bonchev–Trinajstić information content (AvgIpc) is 2.63. The highest BCUT2D eigenvalue weighted by atomic mass is 35.5. The van der Waals surface area contributed by atoms with E-state index >= 15 is 0 Å². The van der Waals surface area contributed by atoms with Crippen molar-refractivity contribution < 1.29 is 9.59 Å². The van der Waals surface area contributed by atoms with Gasteiger partial charge in [0.1, 0.15) is 0 Å². The molecule has 0 N–H and O–H groups in total. The van der Waals surface area contributed by atoms with Gasteiger partial charge in [-0.05, 0) is 24.6 Å². The first-order chi connectivity index (χ1) is 9.15. The number of amides is 1. The van der Waals surface area contributed by atoms with E-state index in [1.165, 1.54) is 19.3 Å². The summed E-state index contributed by atoms with van der Waals surface area (Å²) in [6.07, 6.45) is 5.59. The lowest BCUT2D eigenvalue weighted by Gasteiger charge is -2.16. The van der Waals surface area contributed by atoms with E-state index in [9.17, 15) is 9.59 Å². The van der Waals surface area contributed by atoms with E-state index in [-0.39, 0.29) is 0 Å². The van der Waals surface area contributed by atoms with Gasteiger partial charge < -0.3 is 4.90 Å². The van der Waals surface area contributed by atoms with Gasteiger partial charge in [-0.1, -0.05) is 44.2 Å². The van der Waals surface area contributed by atoms with Crippen molar-refractivity contribution in [2.24, 2.45) is 0 Å². The highest BCUT2D eigenvalue weighted by Crippen LogP contribution is 2.31. The average molecular weight is 280 g/mol. The summed E-state index contributed by atoms with van der Waals surface area (Å²) in [5, 5.41) is 0.553. The van der Waals surface area contributed by atoms with E-state index in [0.717, 1.165) is 12.8 Å². The maximum absolute atomic E-state index is 11.9. The molecule has 0 fully saturated rings. The first kappa shape index (κ1) is 14.1. The highest BCUT2D eigenvalue weighted by molar-refractivity contribution is 6.52. The molecular weight excluding hydrogens is 262 g/mol. The molecule has 0 unspecified atom stereocenters. The van der Waals surface area contributed by atoms with Gasteiger partial charge in [-0.3, -0.25) is 9.59 Å². The Morgan fingerprint density at radius 1 is 1.11 bits per heavy atom. The van der Waals surface area contributed by atoms with Gasteiger partial charge in [-0.15, -0.1) is 0 Å². The highest BCUT2D eigenvalue weighted by Gasteiger charge is 2.35. The zero-order valence-corrected chi connectivity index (χ0v) is 11.9. The van der Waals surface area contributed by atoms with Crippen LogP contribution in [0.3, 0.4) is 0 Å². The molecule has 0 saturated heterocycles. The molecule has 19 heavy (non-hydrogen) atoms. The first-order valence-corrected chi connectivity index (χ1v) is 7.18. The van der Waals surface area contributed by atoms with Crippen LogP contribution in [0.1, 0.15) is 49.4 Å². The van der Waals surface area contributed by atoms with E-state index in [0.29, 0.717) is 22.8 Å². The molecule has 1 aromatic carbocycles. The van der Waals surface area contributed by atoms with Crippen molar-refractivity contribution in [3.8, 4) is 0 Å². The molecule has 0 bridgehead atoms. The molecule has 0 atom stereocenters. The number of fused-ring (bicyclic) bond motifs is 1. The topological polar surface area (TPSA) is 37.4 Å². The molecule has 0 aliphatic carbocycles. The van der Waals surface area contributed by atoms with Gasteiger partial charge in [0.15, 0.2) is 0 Å². The first-order valence-electron chi connectivity index (χ1n) is 6.81. The van der Waals surface area contributed by atoms with Crippen molar-refractivity contribution in [1.82, 2.24) is 0 Å². The van der Waals surface area contributed by atoms with Crippen LogP contribution in [0.5, 0.6) is 0 Å². The number of anilines is 1. The van der Waals surface area contributed by atoms with E-state index in [2.05, 4.69) is 6.92 Å². The third-order valence-corrected chi connectivity index (χ3v) is 3.65. The van der Waals surface area contributed by atoms with Gasteiger partial charge in [0.25, 0.3) is 11.7 Å². The number of carbonyl (C=O) groups is 2. The van der Waals surface area contributed by atoms with E-state index in [4.69, 9.17) is 11.6 Å². The number of nitrogens with zero attached hydrogens (tertiary/aromatic N) is 1. The summed E-state index contributed by atoms with van der Waals surface area (Å²) in [5.41, 5.74) is 1.14. The van der Waals surface area contributed by atoms with Gasteiger partial charge >= 0.3 is 0 Å². The number of halogens is 1. The van der Waals surface area contributed by atoms with Gasteiger partial charge in [0, 0.05) is 11.6 Å². The molecule has 1 aromatic rings. The van der Waals surface area contributed by atoms with E-state index in [1.54, 1.807) is 23.1 Å². The van der Waals surface area contributed by atoms with Crippen LogP contribution >= 0.6 is 11.6 Å². The molecule has 1 aliphatic rings.